The predicted octanol–water partition coefficient (Wildman–Crippen LogP) is 1.61. The van der Waals surface area contributed by atoms with Gasteiger partial charge in [0.1, 0.15) is 10.7 Å². The fourth-order valence-electron chi connectivity index (χ4n) is 2.29. The highest BCUT2D eigenvalue weighted by molar-refractivity contribution is 7.89. The summed E-state index contributed by atoms with van der Waals surface area (Å²) in [5.74, 6) is -0.764. The minimum Gasteiger partial charge on any atom is -0.380 e. The molecule has 0 saturated carbocycles. The molecule has 0 aromatic heterocycles. The maximum atomic E-state index is 14.4. The quantitative estimate of drug-likeness (QED) is 0.887. The molecule has 0 bridgehead atoms. The van der Waals surface area contributed by atoms with Crippen LogP contribution in [0.4, 0.5) is 4.39 Å². The molecule has 1 aliphatic heterocycles. The van der Waals surface area contributed by atoms with Crippen molar-refractivity contribution in [2.75, 3.05) is 27.3 Å². The standard InChI is InChI=1S/C13H18ClFN2O3S/c1-16-7-9-5-10(14)6-12(13(9)15)21(18,19)17(2)11-3-4-20-8-11/h5-6,11,16H,3-4,7-8H2,1-2H3. The normalized spacial score (nSPS) is 19.4. The predicted molar refractivity (Wildman–Crippen MR) is 78.3 cm³/mol. The minimum atomic E-state index is -3.95. The van der Waals surface area contributed by atoms with Crippen LogP contribution in [-0.4, -0.2) is 46.1 Å². The second-order valence-electron chi connectivity index (χ2n) is 4.95. The van der Waals surface area contributed by atoms with E-state index in [1.165, 1.54) is 13.1 Å². The fraction of sp³-hybridized carbons (Fsp3) is 0.538. The molecule has 1 aromatic rings. The monoisotopic (exact) mass is 336 g/mol. The van der Waals surface area contributed by atoms with Crippen molar-refractivity contribution in [3.05, 3.63) is 28.5 Å². The van der Waals surface area contributed by atoms with Gasteiger partial charge in [-0.1, -0.05) is 11.6 Å². The first-order valence-electron chi connectivity index (χ1n) is 6.56. The van der Waals surface area contributed by atoms with E-state index in [4.69, 9.17) is 16.3 Å². The van der Waals surface area contributed by atoms with E-state index in [1.54, 1.807) is 7.05 Å². The van der Waals surface area contributed by atoms with Crippen LogP contribution in [0.2, 0.25) is 5.02 Å². The molecule has 118 valence electrons. The van der Waals surface area contributed by atoms with Gasteiger partial charge in [0.05, 0.1) is 12.6 Å². The van der Waals surface area contributed by atoms with Crippen LogP contribution in [0, 0.1) is 5.82 Å². The summed E-state index contributed by atoms with van der Waals surface area (Å²) in [5.41, 5.74) is 0.222. The van der Waals surface area contributed by atoms with E-state index in [0.717, 1.165) is 10.4 Å². The molecule has 0 aliphatic carbocycles. The molecular weight excluding hydrogens is 319 g/mol. The topological polar surface area (TPSA) is 58.6 Å². The SMILES string of the molecule is CNCc1cc(Cl)cc(S(=O)(=O)N(C)C2CCOC2)c1F. The molecule has 0 amide bonds. The van der Waals surface area contributed by atoms with Crippen LogP contribution in [0.3, 0.4) is 0 Å². The highest BCUT2D eigenvalue weighted by Crippen LogP contribution is 2.28. The van der Waals surface area contributed by atoms with E-state index in [1.807, 2.05) is 0 Å². The summed E-state index contributed by atoms with van der Waals surface area (Å²) in [4.78, 5) is -0.394. The minimum absolute atomic E-state index is 0.191. The van der Waals surface area contributed by atoms with Gasteiger partial charge in [0.25, 0.3) is 0 Å². The molecule has 8 heteroatoms. The highest BCUT2D eigenvalue weighted by atomic mass is 35.5. The van der Waals surface area contributed by atoms with Gasteiger partial charge in [0.15, 0.2) is 0 Å². The largest absolute Gasteiger partial charge is 0.380 e. The van der Waals surface area contributed by atoms with Crippen LogP contribution in [0.5, 0.6) is 0 Å². The molecular formula is C13H18ClFN2O3S. The fourth-order valence-corrected chi connectivity index (χ4v) is 4.09. The Kier molecular flexibility index (Phi) is 5.21. The van der Waals surface area contributed by atoms with Crippen LogP contribution in [0.15, 0.2) is 17.0 Å². The molecule has 1 heterocycles. The van der Waals surface area contributed by atoms with E-state index in [-0.39, 0.29) is 23.2 Å². The van der Waals surface area contributed by atoms with E-state index < -0.39 is 20.7 Å². The van der Waals surface area contributed by atoms with Gasteiger partial charge in [0.2, 0.25) is 10.0 Å². The number of likely N-dealkylation sites (N-methyl/N-ethyl adjacent to an activating group) is 1. The number of hydrogen-bond acceptors (Lipinski definition) is 4. The third kappa shape index (κ3) is 3.37. The summed E-state index contributed by atoms with van der Waals surface area (Å²) >= 11 is 5.93. The van der Waals surface area contributed by atoms with Crippen LogP contribution in [0.25, 0.3) is 0 Å². The number of hydrogen-bond donors (Lipinski definition) is 1. The van der Waals surface area contributed by atoms with Crippen molar-refractivity contribution in [1.29, 1.82) is 0 Å². The average molecular weight is 337 g/mol. The average Bonchev–Trinajstić information content (AvgIpc) is 2.95. The summed E-state index contributed by atoms with van der Waals surface area (Å²) in [6.45, 7) is 1.03. The molecule has 1 fully saturated rings. The van der Waals surface area contributed by atoms with Gasteiger partial charge < -0.3 is 10.1 Å². The highest BCUT2D eigenvalue weighted by Gasteiger charge is 2.33. The maximum Gasteiger partial charge on any atom is 0.246 e. The summed E-state index contributed by atoms with van der Waals surface area (Å²) in [5, 5.41) is 2.98. The lowest BCUT2D eigenvalue weighted by Crippen LogP contribution is -2.37. The smallest absolute Gasteiger partial charge is 0.246 e. The van der Waals surface area contributed by atoms with Crippen molar-refractivity contribution in [2.24, 2.45) is 0 Å². The van der Waals surface area contributed by atoms with E-state index in [0.29, 0.717) is 19.6 Å². The number of rotatable bonds is 5. The summed E-state index contributed by atoms with van der Waals surface area (Å²) in [6.07, 6.45) is 0.598. The Morgan fingerprint density at radius 1 is 1.52 bits per heavy atom. The lowest BCUT2D eigenvalue weighted by Gasteiger charge is -2.23. The molecule has 1 aliphatic rings. The van der Waals surface area contributed by atoms with Gasteiger partial charge in [-0.2, -0.15) is 4.31 Å². The Hall–Kier alpha value is -0.730. The lowest BCUT2D eigenvalue weighted by atomic mass is 10.2. The maximum absolute atomic E-state index is 14.4. The molecule has 1 unspecified atom stereocenters. The zero-order valence-electron chi connectivity index (χ0n) is 11.9. The molecule has 1 saturated heterocycles. The molecule has 5 nitrogen and oxygen atoms in total. The number of nitrogens with one attached hydrogen (secondary N) is 1. The first-order valence-corrected chi connectivity index (χ1v) is 8.38. The van der Waals surface area contributed by atoms with Crippen molar-refractivity contribution in [3.63, 3.8) is 0 Å². The third-order valence-corrected chi connectivity index (χ3v) is 5.65. The summed E-state index contributed by atoms with van der Waals surface area (Å²) in [6, 6.07) is 2.30. The number of benzene rings is 1. The second-order valence-corrected chi connectivity index (χ2v) is 7.35. The van der Waals surface area contributed by atoms with Crippen LogP contribution in [-0.2, 0) is 21.3 Å². The Labute approximate surface area is 129 Å². The van der Waals surface area contributed by atoms with Gasteiger partial charge in [0, 0.05) is 30.8 Å². The second kappa shape index (κ2) is 6.58. The van der Waals surface area contributed by atoms with Crippen LogP contribution >= 0.6 is 11.6 Å². The number of halogens is 2. The van der Waals surface area contributed by atoms with E-state index in [9.17, 15) is 12.8 Å². The first-order chi connectivity index (χ1) is 9.87. The Bertz CT molecular complexity index is 618. The molecule has 0 spiro atoms. The molecule has 1 atom stereocenters. The Balaban J connectivity index is 2.43. The van der Waals surface area contributed by atoms with E-state index >= 15 is 0 Å². The third-order valence-electron chi connectivity index (χ3n) is 3.52. The number of sulfonamides is 1. The Morgan fingerprint density at radius 3 is 2.81 bits per heavy atom. The van der Waals surface area contributed by atoms with Crippen molar-refractivity contribution in [2.45, 2.75) is 23.9 Å². The molecule has 21 heavy (non-hydrogen) atoms. The van der Waals surface area contributed by atoms with Crippen molar-refractivity contribution in [1.82, 2.24) is 9.62 Å². The number of nitrogens with zero attached hydrogens (tertiary/aromatic N) is 1. The van der Waals surface area contributed by atoms with Gasteiger partial charge >= 0.3 is 0 Å². The van der Waals surface area contributed by atoms with Gasteiger partial charge in [-0.3, -0.25) is 0 Å². The van der Waals surface area contributed by atoms with Crippen LogP contribution < -0.4 is 5.32 Å². The van der Waals surface area contributed by atoms with Gasteiger partial charge in [-0.15, -0.1) is 0 Å². The number of ether oxygens (including phenoxy) is 1. The summed E-state index contributed by atoms with van der Waals surface area (Å²) < 4.78 is 46.0. The summed E-state index contributed by atoms with van der Waals surface area (Å²) in [7, 11) is -0.864. The van der Waals surface area contributed by atoms with Gasteiger partial charge in [-0.05, 0) is 25.6 Å². The zero-order valence-corrected chi connectivity index (χ0v) is 13.5. The van der Waals surface area contributed by atoms with Crippen molar-refractivity contribution in [3.8, 4) is 0 Å². The molecule has 2 rings (SSSR count). The first kappa shape index (κ1) is 16.6. The molecule has 1 aromatic carbocycles. The van der Waals surface area contributed by atoms with Crippen molar-refractivity contribution < 1.29 is 17.5 Å². The van der Waals surface area contributed by atoms with Crippen LogP contribution in [0.1, 0.15) is 12.0 Å². The van der Waals surface area contributed by atoms with E-state index in [2.05, 4.69) is 5.32 Å². The zero-order chi connectivity index (χ0) is 15.6. The molecule has 1 N–H and O–H groups in total. The lowest BCUT2D eigenvalue weighted by molar-refractivity contribution is 0.180. The van der Waals surface area contributed by atoms with Crippen molar-refractivity contribution >= 4 is 21.6 Å². The van der Waals surface area contributed by atoms with Gasteiger partial charge in [-0.25, -0.2) is 12.8 Å². The Morgan fingerprint density at radius 2 is 2.24 bits per heavy atom. The molecule has 0 radical (unpaired) electrons.